The minimum atomic E-state index is 0.203. The highest BCUT2D eigenvalue weighted by atomic mass is 15.2. The molecule has 348 valence electrons. The zero-order valence-corrected chi connectivity index (χ0v) is 42.6. The Labute approximate surface area is 409 Å². The summed E-state index contributed by atoms with van der Waals surface area (Å²) < 4.78 is 0. The predicted octanol–water partition coefficient (Wildman–Crippen LogP) is 19.1. The van der Waals surface area contributed by atoms with Gasteiger partial charge in [0, 0.05) is 28.5 Å². The molecule has 0 bridgehead atoms. The summed E-state index contributed by atoms with van der Waals surface area (Å²) in [6, 6.07) is 46.3. The van der Waals surface area contributed by atoms with E-state index < -0.39 is 0 Å². The molecule has 0 radical (unpaired) electrons. The van der Waals surface area contributed by atoms with Crippen LogP contribution >= 0.6 is 0 Å². The number of anilines is 3. The van der Waals surface area contributed by atoms with Gasteiger partial charge in [-0.1, -0.05) is 197 Å². The molecule has 3 aliphatic rings. The van der Waals surface area contributed by atoms with E-state index in [0.29, 0.717) is 23.7 Å². The summed E-state index contributed by atoms with van der Waals surface area (Å²) in [5.74, 6) is 2.05. The first-order valence-corrected chi connectivity index (χ1v) is 25.6. The standard InChI is InChI=1S/C66H74N2/c1-45(2)49-25-33-55(34-26-49)67(53-29-21-47(22-30-53)43-65(5,6)7)57-37-39-59-61(41-57)63(51-17-13-11-14-18-51)60-40-38-58(42-62(60)64(59)52-19-15-12-16-20-52)68(56-35-27-50(28-36-56)46(3)4)54-31-23-48(24-32-54)44-66(8,9)10/h11-21,23,25-35,37-42,45-48,56H,22,24,36,43-44H2,1-10H3. The summed E-state index contributed by atoms with van der Waals surface area (Å²) in [4.78, 5) is 5.11. The van der Waals surface area contributed by atoms with E-state index in [1.54, 1.807) is 0 Å². The molecule has 3 atom stereocenters. The molecule has 3 unspecified atom stereocenters. The van der Waals surface area contributed by atoms with Gasteiger partial charge in [0.2, 0.25) is 0 Å². The van der Waals surface area contributed by atoms with Crippen molar-refractivity contribution in [2.75, 3.05) is 9.80 Å². The van der Waals surface area contributed by atoms with Crippen molar-refractivity contribution in [3.63, 3.8) is 0 Å². The zero-order chi connectivity index (χ0) is 47.7. The van der Waals surface area contributed by atoms with Crippen LogP contribution in [0.4, 0.5) is 17.1 Å². The Bertz CT molecular complexity index is 2940. The van der Waals surface area contributed by atoms with Crippen LogP contribution in [0, 0.1) is 28.6 Å². The average Bonchev–Trinajstić information content (AvgIpc) is 3.32. The van der Waals surface area contributed by atoms with Crippen molar-refractivity contribution in [1.29, 1.82) is 0 Å². The number of rotatable bonds is 12. The summed E-state index contributed by atoms with van der Waals surface area (Å²) in [6.07, 6.45) is 27.4. The first kappa shape index (κ1) is 47.0. The van der Waals surface area contributed by atoms with Crippen LogP contribution in [-0.4, -0.2) is 6.04 Å². The SMILES string of the molecule is CC(C)C1=CCC(N(C2=CCC(CC(C)(C)C)C=C2)c2ccc3c(-c4ccccc4)c4cc(N(C5=CCC(CC(C)(C)C)C=C5)c5ccc(C(C)C)cc5)ccc4c(-c4ccccc4)c3c2)C=C1. The van der Waals surface area contributed by atoms with E-state index >= 15 is 0 Å². The molecule has 0 heterocycles. The maximum absolute atomic E-state index is 2.62. The maximum Gasteiger partial charge on any atom is 0.0559 e. The summed E-state index contributed by atoms with van der Waals surface area (Å²) in [5.41, 5.74) is 14.4. The molecule has 6 aromatic rings. The fraction of sp³-hybridized carbons (Fsp3) is 0.333. The van der Waals surface area contributed by atoms with Gasteiger partial charge in [0.15, 0.2) is 0 Å². The van der Waals surface area contributed by atoms with Gasteiger partial charge in [0.05, 0.1) is 6.04 Å². The highest BCUT2D eigenvalue weighted by Gasteiger charge is 2.28. The molecule has 3 aliphatic carbocycles. The highest BCUT2D eigenvalue weighted by Crippen LogP contribution is 2.48. The monoisotopic (exact) mass is 895 g/mol. The average molecular weight is 895 g/mol. The lowest BCUT2D eigenvalue weighted by Crippen LogP contribution is -2.34. The van der Waals surface area contributed by atoms with Gasteiger partial charge in [0.25, 0.3) is 0 Å². The third-order valence-corrected chi connectivity index (χ3v) is 14.3. The molecule has 0 spiro atoms. The first-order chi connectivity index (χ1) is 32.6. The van der Waals surface area contributed by atoms with Crippen molar-refractivity contribution in [2.45, 2.75) is 113 Å². The fourth-order valence-corrected chi connectivity index (χ4v) is 11.1. The number of nitrogens with zero attached hydrogens (tertiary/aromatic N) is 2. The minimum Gasteiger partial charge on any atom is -0.334 e. The van der Waals surface area contributed by atoms with Crippen molar-refractivity contribution in [3.8, 4) is 22.3 Å². The van der Waals surface area contributed by atoms with Crippen molar-refractivity contribution in [3.05, 3.63) is 199 Å². The number of fused-ring (bicyclic) bond motifs is 2. The number of hydrogen-bond donors (Lipinski definition) is 0. The van der Waals surface area contributed by atoms with E-state index in [-0.39, 0.29) is 16.9 Å². The zero-order valence-electron chi connectivity index (χ0n) is 42.6. The predicted molar refractivity (Wildman–Crippen MR) is 297 cm³/mol. The lowest BCUT2D eigenvalue weighted by molar-refractivity contribution is 0.325. The summed E-state index contributed by atoms with van der Waals surface area (Å²) >= 11 is 0. The topological polar surface area (TPSA) is 6.48 Å². The van der Waals surface area contributed by atoms with Crippen LogP contribution in [0.1, 0.15) is 113 Å². The molecule has 0 amide bonds. The van der Waals surface area contributed by atoms with Gasteiger partial charge >= 0.3 is 0 Å². The molecular weight excluding hydrogens is 821 g/mol. The minimum absolute atomic E-state index is 0.203. The number of allylic oxidation sites excluding steroid dienone is 8. The van der Waals surface area contributed by atoms with Crippen molar-refractivity contribution in [1.82, 2.24) is 0 Å². The van der Waals surface area contributed by atoms with Gasteiger partial charge in [-0.05, 0) is 170 Å². The Morgan fingerprint density at radius 3 is 1.43 bits per heavy atom. The van der Waals surface area contributed by atoms with Crippen molar-refractivity contribution >= 4 is 38.6 Å². The van der Waals surface area contributed by atoms with Gasteiger partial charge in [-0.2, -0.15) is 0 Å². The molecule has 0 fully saturated rings. The molecule has 0 N–H and O–H groups in total. The van der Waals surface area contributed by atoms with Crippen LogP contribution in [0.2, 0.25) is 0 Å². The Hall–Kier alpha value is -6.12. The third kappa shape index (κ3) is 10.3. The van der Waals surface area contributed by atoms with E-state index in [1.807, 2.05) is 0 Å². The fourth-order valence-electron chi connectivity index (χ4n) is 11.1. The normalized spacial score (nSPS) is 18.6. The summed E-state index contributed by atoms with van der Waals surface area (Å²) in [7, 11) is 0. The largest absolute Gasteiger partial charge is 0.334 e. The van der Waals surface area contributed by atoms with Crippen molar-refractivity contribution < 1.29 is 0 Å². The molecular formula is C66H74N2. The Balaban J connectivity index is 1.25. The van der Waals surface area contributed by atoms with Gasteiger partial charge in [-0.15, -0.1) is 0 Å². The molecule has 0 saturated heterocycles. The van der Waals surface area contributed by atoms with Gasteiger partial charge in [-0.25, -0.2) is 0 Å². The number of benzene rings is 6. The third-order valence-electron chi connectivity index (χ3n) is 14.3. The van der Waals surface area contributed by atoms with Crippen LogP contribution in [0.5, 0.6) is 0 Å². The lowest BCUT2D eigenvalue weighted by Gasteiger charge is -2.36. The molecule has 6 aromatic carbocycles. The van der Waals surface area contributed by atoms with Crippen LogP contribution in [0.15, 0.2) is 193 Å². The van der Waals surface area contributed by atoms with Crippen LogP contribution in [0.25, 0.3) is 43.8 Å². The Morgan fingerprint density at radius 2 is 0.971 bits per heavy atom. The smallest absolute Gasteiger partial charge is 0.0559 e. The quantitative estimate of drug-likeness (QED) is 0.113. The summed E-state index contributed by atoms with van der Waals surface area (Å²) in [6.45, 7) is 23.3. The molecule has 0 aromatic heterocycles. The van der Waals surface area contributed by atoms with E-state index in [2.05, 4.69) is 255 Å². The second-order valence-corrected chi connectivity index (χ2v) is 22.9. The Morgan fingerprint density at radius 1 is 0.471 bits per heavy atom. The van der Waals surface area contributed by atoms with Crippen LogP contribution < -0.4 is 9.80 Å². The van der Waals surface area contributed by atoms with E-state index in [9.17, 15) is 0 Å². The van der Waals surface area contributed by atoms with Crippen LogP contribution in [-0.2, 0) is 0 Å². The second kappa shape index (κ2) is 19.5. The van der Waals surface area contributed by atoms with E-state index in [0.717, 1.165) is 24.9 Å². The molecule has 0 aliphatic heterocycles. The van der Waals surface area contributed by atoms with Gasteiger partial charge < -0.3 is 9.80 Å². The van der Waals surface area contributed by atoms with Gasteiger partial charge in [0.1, 0.15) is 0 Å². The first-order valence-electron chi connectivity index (χ1n) is 25.6. The van der Waals surface area contributed by atoms with Crippen LogP contribution in [0.3, 0.4) is 0 Å². The maximum atomic E-state index is 2.62. The second-order valence-electron chi connectivity index (χ2n) is 22.9. The van der Waals surface area contributed by atoms with E-state index in [1.165, 1.54) is 90.5 Å². The Kier molecular flexibility index (Phi) is 13.4. The molecule has 2 nitrogen and oxygen atoms in total. The number of hydrogen-bond acceptors (Lipinski definition) is 2. The molecule has 68 heavy (non-hydrogen) atoms. The lowest BCUT2D eigenvalue weighted by atomic mass is 9.81. The van der Waals surface area contributed by atoms with Gasteiger partial charge in [-0.3, -0.25) is 0 Å². The highest BCUT2D eigenvalue weighted by molar-refractivity contribution is 6.22. The van der Waals surface area contributed by atoms with E-state index in [4.69, 9.17) is 0 Å². The molecule has 9 rings (SSSR count). The van der Waals surface area contributed by atoms with Crippen molar-refractivity contribution in [2.24, 2.45) is 28.6 Å². The summed E-state index contributed by atoms with van der Waals surface area (Å²) in [5, 5.41) is 5.04. The molecule has 0 saturated carbocycles. The molecule has 2 heteroatoms.